The van der Waals surface area contributed by atoms with E-state index in [1.54, 1.807) is 13.2 Å². The summed E-state index contributed by atoms with van der Waals surface area (Å²) in [6, 6.07) is 11.2. The number of hydrogen-bond acceptors (Lipinski definition) is 4. The molecule has 2 N–H and O–H groups in total. The molecule has 4 nitrogen and oxygen atoms in total. The first-order valence-electron chi connectivity index (χ1n) is 4.53. The highest BCUT2D eigenvalue weighted by molar-refractivity contribution is 5.61. The summed E-state index contributed by atoms with van der Waals surface area (Å²) in [6.45, 7) is 0. The van der Waals surface area contributed by atoms with Gasteiger partial charge in [-0.25, -0.2) is 0 Å². The molecule has 0 atom stereocenters. The van der Waals surface area contributed by atoms with Gasteiger partial charge in [-0.15, -0.1) is 10.2 Å². The second-order valence-corrected chi connectivity index (χ2v) is 3.08. The van der Waals surface area contributed by atoms with E-state index in [4.69, 9.17) is 10.5 Å². The Labute approximate surface area is 87.7 Å². The SMILES string of the molecule is COc1cccc(-c2ccc(N)nn2)c1. The predicted molar refractivity (Wildman–Crippen MR) is 58.4 cm³/mol. The van der Waals surface area contributed by atoms with Crippen molar-refractivity contribution in [3.63, 3.8) is 0 Å². The highest BCUT2D eigenvalue weighted by atomic mass is 16.5. The van der Waals surface area contributed by atoms with Gasteiger partial charge in [-0.3, -0.25) is 0 Å². The maximum atomic E-state index is 5.46. The molecule has 0 radical (unpaired) electrons. The number of rotatable bonds is 2. The minimum atomic E-state index is 0.418. The van der Waals surface area contributed by atoms with Crippen molar-refractivity contribution in [1.29, 1.82) is 0 Å². The van der Waals surface area contributed by atoms with Gasteiger partial charge >= 0.3 is 0 Å². The van der Waals surface area contributed by atoms with Gasteiger partial charge in [0, 0.05) is 5.56 Å². The number of aromatic nitrogens is 2. The van der Waals surface area contributed by atoms with E-state index in [0.29, 0.717) is 5.82 Å². The zero-order chi connectivity index (χ0) is 10.7. The molecular weight excluding hydrogens is 190 g/mol. The highest BCUT2D eigenvalue weighted by Crippen LogP contribution is 2.21. The maximum Gasteiger partial charge on any atom is 0.146 e. The summed E-state index contributed by atoms with van der Waals surface area (Å²) in [5.41, 5.74) is 7.20. The van der Waals surface area contributed by atoms with E-state index in [9.17, 15) is 0 Å². The van der Waals surface area contributed by atoms with E-state index in [1.165, 1.54) is 0 Å². The molecule has 1 aromatic heterocycles. The lowest BCUT2D eigenvalue weighted by molar-refractivity contribution is 0.415. The molecule has 0 fully saturated rings. The lowest BCUT2D eigenvalue weighted by Gasteiger charge is -2.03. The fourth-order valence-corrected chi connectivity index (χ4v) is 1.28. The van der Waals surface area contributed by atoms with Crippen LogP contribution in [0.5, 0.6) is 5.75 Å². The van der Waals surface area contributed by atoms with Crippen LogP contribution in [0, 0.1) is 0 Å². The fourth-order valence-electron chi connectivity index (χ4n) is 1.28. The highest BCUT2D eigenvalue weighted by Gasteiger charge is 2.00. The summed E-state index contributed by atoms with van der Waals surface area (Å²) in [5, 5.41) is 7.79. The van der Waals surface area contributed by atoms with Crippen LogP contribution in [0.2, 0.25) is 0 Å². The normalized spacial score (nSPS) is 9.93. The van der Waals surface area contributed by atoms with Gasteiger partial charge < -0.3 is 10.5 Å². The molecule has 0 aliphatic carbocycles. The van der Waals surface area contributed by atoms with Crippen molar-refractivity contribution >= 4 is 5.82 Å². The number of anilines is 1. The minimum absolute atomic E-state index is 0.418. The molecule has 0 spiro atoms. The van der Waals surface area contributed by atoms with Crippen molar-refractivity contribution in [3.8, 4) is 17.0 Å². The van der Waals surface area contributed by atoms with Crippen molar-refractivity contribution in [1.82, 2.24) is 10.2 Å². The van der Waals surface area contributed by atoms with Gasteiger partial charge in [0.2, 0.25) is 0 Å². The summed E-state index contributed by atoms with van der Waals surface area (Å²) in [7, 11) is 1.63. The van der Waals surface area contributed by atoms with Gasteiger partial charge in [0.05, 0.1) is 12.8 Å². The second-order valence-electron chi connectivity index (χ2n) is 3.08. The van der Waals surface area contributed by atoms with E-state index < -0.39 is 0 Å². The monoisotopic (exact) mass is 201 g/mol. The molecule has 1 aromatic carbocycles. The van der Waals surface area contributed by atoms with Crippen molar-refractivity contribution in [2.24, 2.45) is 0 Å². The van der Waals surface area contributed by atoms with E-state index in [0.717, 1.165) is 17.0 Å². The molecule has 0 aliphatic heterocycles. The summed E-state index contributed by atoms with van der Waals surface area (Å²) in [6.07, 6.45) is 0. The van der Waals surface area contributed by atoms with E-state index in [2.05, 4.69) is 10.2 Å². The van der Waals surface area contributed by atoms with Crippen molar-refractivity contribution in [2.75, 3.05) is 12.8 Å². The van der Waals surface area contributed by atoms with Gasteiger partial charge in [0.25, 0.3) is 0 Å². The smallest absolute Gasteiger partial charge is 0.146 e. The molecule has 0 saturated carbocycles. The van der Waals surface area contributed by atoms with Gasteiger partial charge in [-0.2, -0.15) is 0 Å². The van der Waals surface area contributed by atoms with E-state index in [-0.39, 0.29) is 0 Å². The summed E-state index contributed by atoms with van der Waals surface area (Å²) < 4.78 is 5.13. The standard InChI is InChI=1S/C11H11N3O/c1-15-9-4-2-3-8(7-9)10-5-6-11(12)14-13-10/h2-7H,1H3,(H2,12,14). The third-order valence-electron chi connectivity index (χ3n) is 2.05. The molecule has 0 bridgehead atoms. The van der Waals surface area contributed by atoms with Crippen molar-refractivity contribution in [2.45, 2.75) is 0 Å². The molecule has 2 aromatic rings. The van der Waals surface area contributed by atoms with Crippen LogP contribution in [0.15, 0.2) is 36.4 Å². The number of methoxy groups -OCH3 is 1. The number of hydrogen-bond donors (Lipinski definition) is 1. The van der Waals surface area contributed by atoms with Crippen LogP contribution in [0.4, 0.5) is 5.82 Å². The first-order chi connectivity index (χ1) is 7.29. The van der Waals surface area contributed by atoms with Crippen LogP contribution in [0.1, 0.15) is 0 Å². The average Bonchev–Trinajstić information content (AvgIpc) is 2.30. The van der Waals surface area contributed by atoms with Gasteiger partial charge in [-0.1, -0.05) is 12.1 Å². The topological polar surface area (TPSA) is 61.0 Å². The Hall–Kier alpha value is -2.10. The van der Waals surface area contributed by atoms with E-state index in [1.807, 2.05) is 30.3 Å². The zero-order valence-electron chi connectivity index (χ0n) is 8.34. The minimum Gasteiger partial charge on any atom is -0.497 e. The zero-order valence-corrected chi connectivity index (χ0v) is 8.34. The Morgan fingerprint density at radius 3 is 2.67 bits per heavy atom. The second kappa shape index (κ2) is 3.96. The molecule has 0 unspecified atom stereocenters. The first kappa shape index (κ1) is 9.45. The quantitative estimate of drug-likeness (QED) is 0.803. The van der Waals surface area contributed by atoms with Crippen molar-refractivity contribution < 1.29 is 4.74 Å². The van der Waals surface area contributed by atoms with Gasteiger partial charge in [0.15, 0.2) is 0 Å². The number of nitrogen functional groups attached to an aromatic ring is 1. The van der Waals surface area contributed by atoms with Crippen LogP contribution >= 0.6 is 0 Å². The predicted octanol–water partition coefficient (Wildman–Crippen LogP) is 1.73. The molecule has 15 heavy (non-hydrogen) atoms. The van der Waals surface area contributed by atoms with Crippen LogP contribution in [0.25, 0.3) is 11.3 Å². The molecular formula is C11H11N3O. The number of nitrogens with two attached hydrogens (primary N) is 1. The largest absolute Gasteiger partial charge is 0.497 e. The fraction of sp³-hybridized carbons (Fsp3) is 0.0909. The molecule has 0 aliphatic rings. The van der Waals surface area contributed by atoms with Gasteiger partial charge in [0.1, 0.15) is 11.6 Å². The van der Waals surface area contributed by atoms with E-state index >= 15 is 0 Å². The van der Waals surface area contributed by atoms with Crippen molar-refractivity contribution in [3.05, 3.63) is 36.4 Å². The lowest BCUT2D eigenvalue weighted by Crippen LogP contribution is -1.93. The summed E-state index contributed by atoms with van der Waals surface area (Å²) >= 11 is 0. The summed E-state index contributed by atoms with van der Waals surface area (Å²) in [4.78, 5) is 0. The Bertz CT molecular complexity index is 454. The van der Waals surface area contributed by atoms with Crippen LogP contribution in [-0.2, 0) is 0 Å². The van der Waals surface area contributed by atoms with Crippen LogP contribution < -0.4 is 10.5 Å². The third-order valence-corrected chi connectivity index (χ3v) is 2.05. The number of benzene rings is 1. The lowest BCUT2D eigenvalue weighted by atomic mass is 10.1. The number of nitrogens with zero attached hydrogens (tertiary/aromatic N) is 2. The number of ether oxygens (including phenoxy) is 1. The summed E-state index contributed by atoms with van der Waals surface area (Å²) in [5.74, 6) is 1.22. The van der Waals surface area contributed by atoms with Crippen LogP contribution in [0.3, 0.4) is 0 Å². The Kier molecular flexibility index (Phi) is 2.49. The van der Waals surface area contributed by atoms with Gasteiger partial charge in [-0.05, 0) is 24.3 Å². The molecule has 76 valence electrons. The molecule has 4 heteroatoms. The Morgan fingerprint density at radius 2 is 2.00 bits per heavy atom. The first-order valence-corrected chi connectivity index (χ1v) is 4.53. The molecule has 0 amide bonds. The Balaban J connectivity index is 2.40. The maximum absolute atomic E-state index is 5.46. The average molecular weight is 201 g/mol. The molecule has 0 saturated heterocycles. The molecule has 2 rings (SSSR count). The van der Waals surface area contributed by atoms with Crippen LogP contribution in [-0.4, -0.2) is 17.3 Å². The molecule has 1 heterocycles. The third kappa shape index (κ3) is 2.04. The Morgan fingerprint density at radius 1 is 1.13 bits per heavy atom.